The van der Waals surface area contributed by atoms with E-state index in [1.165, 1.54) is 11.8 Å². The number of anilines is 2. The van der Waals surface area contributed by atoms with Crippen LogP contribution in [0.15, 0.2) is 53.7 Å². The van der Waals surface area contributed by atoms with Crippen LogP contribution in [0.25, 0.3) is 0 Å². The number of hydrogen-bond donors (Lipinski definition) is 1. The van der Waals surface area contributed by atoms with E-state index in [2.05, 4.69) is 37.1 Å². The normalized spacial score (nSPS) is 15.8. The Balaban J connectivity index is 1.34. The lowest BCUT2D eigenvalue weighted by molar-refractivity contribution is -0.116. The molecule has 1 aromatic heterocycles. The summed E-state index contributed by atoms with van der Waals surface area (Å²) in [4.78, 5) is 26.7. The van der Waals surface area contributed by atoms with Gasteiger partial charge < -0.3 is 15.0 Å². The van der Waals surface area contributed by atoms with E-state index >= 15 is 0 Å². The molecule has 170 valence electrons. The second kappa shape index (κ2) is 9.76. The fourth-order valence-electron chi connectivity index (χ4n) is 4.06. The van der Waals surface area contributed by atoms with Crippen LogP contribution in [0.5, 0.6) is 0 Å². The molecule has 0 radical (unpaired) electrons. The van der Waals surface area contributed by atoms with E-state index in [4.69, 9.17) is 4.74 Å². The molecule has 1 N–H and O–H groups in total. The summed E-state index contributed by atoms with van der Waals surface area (Å²) >= 11 is 1.40. The third-order valence-corrected chi connectivity index (χ3v) is 6.80. The number of nitrogens with one attached hydrogen (secondary N) is 1. The van der Waals surface area contributed by atoms with Gasteiger partial charge in [-0.3, -0.25) is 14.2 Å². The minimum Gasteiger partial charge on any atom is -0.378 e. The maximum Gasteiger partial charge on any atom is 0.228 e. The molecule has 33 heavy (non-hydrogen) atoms. The molecule has 0 spiro atoms. The van der Waals surface area contributed by atoms with Gasteiger partial charge in [-0.15, -0.1) is 10.2 Å². The molecule has 3 aromatic rings. The molecule has 0 unspecified atom stereocenters. The average molecular weight is 464 g/mol. The Morgan fingerprint density at radius 2 is 1.88 bits per heavy atom. The van der Waals surface area contributed by atoms with E-state index in [1.807, 2.05) is 30.3 Å². The number of carbonyl (C=O) groups is 2. The maximum absolute atomic E-state index is 13.0. The second-order valence-corrected chi connectivity index (χ2v) is 9.03. The van der Waals surface area contributed by atoms with E-state index < -0.39 is 0 Å². The molecule has 0 saturated carbocycles. The molecule has 5 rings (SSSR count). The van der Waals surface area contributed by atoms with Gasteiger partial charge in [0.25, 0.3) is 0 Å². The summed E-state index contributed by atoms with van der Waals surface area (Å²) in [6.07, 6.45) is 1.11. The van der Waals surface area contributed by atoms with Gasteiger partial charge in [0.1, 0.15) is 0 Å². The number of hydrogen-bond acceptors (Lipinski definition) is 7. The molecule has 2 aliphatic heterocycles. The molecular formula is C24H25N5O3S. The van der Waals surface area contributed by atoms with E-state index in [9.17, 15) is 9.59 Å². The summed E-state index contributed by atoms with van der Waals surface area (Å²) in [5.74, 6) is 1.12. The molecule has 2 aromatic carbocycles. The van der Waals surface area contributed by atoms with Gasteiger partial charge in [0, 0.05) is 30.8 Å². The van der Waals surface area contributed by atoms with Crippen molar-refractivity contribution in [1.29, 1.82) is 0 Å². The largest absolute Gasteiger partial charge is 0.378 e. The van der Waals surface area contributed by atoms with Crippen molar-refractivity contribution >= 4 is 35.1 Å². The fourth-order valence-corrected chi connectivity index (χ4v) is 4.89. The quantitative estimate of drug-likeness (QED) is 0.426. The van der Waals surface area contributed by atoms with Gasteiger partial charge in [-0.1, -0.05) is 42.1 Å². The lowest BCUT2D eigenvalue weighted by Crippen LogP contribution is -2.38. The number of rotatable bonds is 7. The van der Waals surface area contributed by atoms with Gasteiger partial charge in [0.05, 0.1) is 25.5 Å². The van der Waals surface area contributed by atoms with Crippen molar-refractivity contribution in [2.45, 2.75) is 24.5 Å². The third-order valence-electron chi connectivity index (χ3n) is 5.83. The zero-order valence-corrected chi connectivity index (χ0v) is 19.0. The van der Waals surface area contributed by atoms with Crippen molar-refractivity contribution < 1.29 is 14.3 Å². The molecule has 1 amide bonds. The fraction of sp³-hybridized carbons (Fsp3) is 0.333. The minimum atomic E-state index is 0.0194. The van der Waals surface area contributed by atoms with E-state index in [0.29, 0.717) is 38.2 Å². The van der Waals surface area contributed by atoms with Crippen LogP contribution in [0, 0.1) is 0 Å². The number of ether oxygens (including phenoxy) is 1. The van der Waals surface area contributed by atoms with Crippen LogP contribution < -0.4 is 10.2 Å². The molecule has 1 fully saturated rings. The Bertz CT molecular complexity index is 1160. The summed E-state index contributed by atoms with van der Waals surface area (Å²) in [6, 6.07) is 15.7. The van der Waals surface area contributed by atoms with Crippen molar-refractivity contribution in [1.82, 2.24) is 14.8 Å². The number of Topliss-reactive ketones (excluding diaryl/α,β-unsaturated/α-hetero) is 1. The Hall–Kier alpha value is -3.17. The summed E-state index contributed by atoms with van der Waals surface area (Å²) in [6.45, 7) is 3.50. The van der Waals surface area contributed by atoms with Crippen molar-refractivity contribution in [2.24, 2.45) is 0 Å². The number of morpholine rings is 1. The number of aromatic nitrogens is 3. The highest BCUT2D eigenvalue weighted by Crippen LogP contribution is 2.27. The standard InChI is InChI=1S/C24H25N5O3S/c30-21(19-6-8-20-18(14-19)7-9-22(31)25-20)16-33-24-27-26-23(28-10-12-32-13-11-28)29(24)15-17-4-2-1-3-5-17/h1-6,8,14H,7,9-13,15-16H2,(H,25,31). The first-order valence-electron chi connectivity index (χ1n) is 11.1. The summed E-state index contributed by atoms with van der Waals surface area (Å²) < 4.78 is 7.57. The predicted molar refractivity (Wildman–Crippen MR) is 127 cm³/mol. The van der Waals surface area contributed by atoms with Crippen LogP contribution >= 0.6 is 11.8 Å². The Labute approximate surface area is 196 Å². The van der Waals surface area contributed by atoms with Crippen molar-refractivity contribution in [3.05, 3.63) is 65.2 Å². The lowest BCUT2D eigenvalue weighted by Gasteiger charge is -2.28. The minimum absolute atomic E-state index is 0.0194. The van der Waals surface area contributed by atoms with Gasteiger partial charge in [-0.25, -0.2) is 0 Å². The first kappa shape index (κ1) is 21.7. The first-order valence-corrected chi connectivity index (χ1v) is 12.0. The van der Waals surface area contributed by atoms with E-state index in [-0.39, 0.29) is 17.4 Å². The highest BCUT2D eigenvalue weighted by atomic mass is 32.2. The van der Waals surface area contributed by atoms with Crippen molar-refractivity contribution in [3.63, 3.8) is 0 Å². The Kier molecular flexibility index (Phi) is 6.41. The maximum atomic E-state index is 13.0. The summed E-state index contributed by atoms with van der Waals surface area (Å²) in [7, 11) is 0. The predicted octanol–water partition coefficient (Wildman–Crippen LogP) is 3.02. The smallest absolute Gasteiger partial charge is 0.228 e. The zero-order valence-electron chi connectivity index (χ0n) is 18.2. The number of carbonyl (C=O) groups excluding carboxylic acids is 2. The van der Waals surface area contributed by atoms with Crippen LogP contribution in [0.2, 0.25) is 0 Å². The molecule has 0 aliphatic carbocycles. The van der Waals surface area contributed by atoms with Crippen molar-refractivity contribution in [2.75, 3.05) is 42.3 Å². The average Bonchev–Trinajstić information content (AvgIpc) is 3.25. The molecule has 0 atom stereocenters. The van der Waals surface area contributed by atoms with Gasteiger partial charge >= 0.3 is 0 Å². The number of thioether (sulfide) groups is 1. The first-order chi connectivity index (χ1) is 16.2. The molecular weight excluding hydrogens is 438 g/mol. The lowest BCUT2D eigenvalue weighted by atomic mass is 9.99. The Morgan fingerprint density at radius 3 is 2.70 bits per heavy atom. The molecule has 9 heteroatoms. The molecule has 8 nitrogen and oxygen atoms in total. The van der Waals surface area contributed by atoms with Gasteiger partial charge in [0.15, 0.2) is 10.9 Å². The number of ketones is 1. The SMILES string of the molecule is O=C1CCc2cc(C(=O)CSc3nnc(N4CCOCC4)n3Cc3ccccc3)ccc2N1. The molecule has 1 saturated heterocycles. The van der Waals surface area contributed by atoms with Crippen LogP contribution in [0.3, 0.4) is 0 Å². The summed E-state index contributed by atoms with van der Waals surface area (Å²) in [5, 5.41) is 12.5. The highest BCUT2D eigenvalue weighted by molar-refractivity contribution is 7.99. The molecule has 0 bridgehead atoms. The van der Waals surface area contributed by atoms with Gasteiger partial charge in [0.2, 0.25) is 11.9 Å². The van der Waals surface area contributed by atoms with Crippen molar-refractivity contribution in [3.8, 4) is 0 Å². The molecule has 2 aliphatic rings. The number of benzene rings is 2. The third kappa shape index (κ3) is 4.94. The summed E-state index contributed by atoms with van der Waals surface area (Å²) in [5.41, 5.74) is 3.61. The molecule has 3 heterocycles. The zero-order chi connectivity index (χ0) is 22.6. The van der Waals surface area contributed by atoms with E-state index in [0.717, 1.165) is 41.0 Å². The van der Waals surface area contributed by atoms with Gasteiger partial charge in [-0.05, 0) is 35.7 Å². The monoisotopic (exact) mass is 463 g/mol. The number of aryl methyl sites for hydroxylation is 1. The number of amides is 1. The van der Waals surface area contributed by atoms with Crippen LogP contribution in [-0.2, 0) is 22.5 Å². The number of fused-ring (bicyclic) bond motifs is 1. The Morgan fingerprint density at radius 1 is 1.06 bits per heavy atom. The topological polar surface area (TPSA) is 89.3 Å². The van der Waals surface area contributed by atoms with E-state index in [1.54, 1.807) is 6.07 Å². The second-order valence-electron chi connectivity index (χ2n) is 8.09. The van der Waals surface area contributed by atoms with Crippen LogP contribution in [-0.4, -0.2) is 58.5 Å². The van der Waals surface area contributed by atoms with Crippen LogP contribution in [0.1, 0.15) is 27.9 Å². The van der Waals surface area contributed by atoms with Gasteiger partial charge in [-0.2, -0.15) is 0 Å². The van der Waals surface area contributed by atoms with Crippen LogP contribution in [0.4, 0.5) is 11.6 Å². The number of nitrogens with zero attached hydrogens (tertiary/aromatic N) is 4. The highest BCUT2D eigenvalue weighted by Gasteiger charge is 2.22.